The number of esters is 1. The maximum absolute atomic E-state index is 12.5. The van der Waals surface area contributed by atoms with Gasteiger partial charge < -0.3 is 25.2 Å². The molecule has 0 saturated carbocycles. The highest BCUT2D eigenvalue weighted by atomic mass is 16.5. The number of amides is 1. The minimum absolute atomic E-state index is 0.0205. The molecule has 0 bridgehead atoms. The summed E-state index contributed by atoms with van der Waals surface area (Å²) in [6.07, 6.45) is -0.170. The molecule has 1 aromatic rings. The minimum atomic E-state index is -1.02. The third-order valence-electron chi connectivity index (χ3n) is 5.56. The second-order valence-electron chi connectivity index (χ2n) is 7.87. The molecule has 1 fully saturated rings. The van der Waals surface area contributed by atoms with E-state index in [4.69, 9.17) is 9.84 Å². The van der Waals surface area contributed by atoms with Crippen molar-refractivity contribution in [3.63, 3.8) is 0 Å². The van der Waals surface area contributed by atoms with Crippen molar-refractivity contribution in [2.45, 2.75) is 45.8 Å². The van der Waals surface area contributed by atoms with Crippen LogP contribution in [0.4, 0.5) is 4.79 Å². The Morgan fingerprint density at radius 3 is 2.28 bits per heavy atom. The van der Waals surface area contributed by atoms with E-state index in [0.29, 0.717) is 13.0 Å². The summed E-state index contributed by atoms with van der Waals surface area (Å²) >= 11 is 0. The molecule has 8 heteroatoms. The Bertz CT molecular complexity index is 698. The normalized spacial score (nSPS) is 17.0. The number of nitrogens with zero attached hydrogens (tertiary/aromatic N) is 1. The summed E-state index contributed by atoms with van der Waals surface area (Å²) in [6.45, 7) is 4.74. The van der Waals surface area contributed by atoms with Crippen LogP contribution < -0.4 is 5.32 Å². The quantitative estimate of drug-likeness (QED) is 0.540. The highest BCUT2D eigenvalue weighted by molar-refractivity contribution is 5.76. The zero-order chi connectivity index (χ0) is 21.4. The van der Waals surface area contributed by atoms with Gasteiger partial charge in [-0.2, -0.15) is 0 Å². The van der Waals surface area contributed by atoms with E-state index in [-0.39, 0.29) is 44.4 Å². The highest BCUT2D eigenvalue weighted by Gasteiger charge is 2.42. The van der Waals surface area contributed by atoms with Gasteiger partial charge in [0.15, 0.2) is 0 Å². The number of hydrogen-bond acceptors (Lipinski definition) is 5. The first kappa shape index (κ1) is 22.7. The molecule has 2 rings (SSSR count). The van der Waals surface area contributed by atoms with Gasteiger partial charge in [0.25, 0.3) is 0 Å². The van der Waals surface area contributed by atoms with Gasteiger partial charge in [-0.1, -0.05) is 44.2 Å². The lowest BCUT2D eigenvalue weighted by Gasteiger charge is -2.38. The highest BCUT2D eigenvalue weighted by Crippen LogP contribution is 2.35. The second-order valence-corrected chi connectivity index (χ2v) is 7.87. The molecule has 0 radical (unpaired) electrons. The Morgan fingerprint density at radius 1 is 1.14 bits per heavy atom. The molecule has 1 amide bonds. The van der Waals surface area contributed by atoms with Crippen molar-refractivity contribution in [1.29, 1.82) is 0 Å². The lowest BCUT2D eigenvalue weighted by Crippen LogP contribution is -2.49. The van der Waals surface area contributed by atoms with Gasteiger partial charge in [0.05, 0.1) is 5.41 Å². The predicted molar refractivity (Wildman–Crippen MR) is 106 cm³/mol. The summed E-state index contributed by atoms with van der Waals surface area (Å²) in [7, 11) is 0. The summed E-state index contributed by atoms with van der Waals surface area (Å²) in [5, 5.41) is 21.9. The van der Waals surface area contributed by atoms with Crippen LogP contribution in [0.15, 0.2) is 30.3 Å². The van der Waals surface area contributed by atoms with Crippen molar-refractivity contribution in [3.8, 4) is 0 Å². The first-order valence-corrected chi connectivity index (χ1v) is 9.90. The van der Waals surface area contributed by atoms with Crippen molar-refractivity contribution in [3.05, 3.63) is 35.9 Å². The van der Waals surface area contributed by atoms with Gasteiger partial charge in [-0.25, -0.2) is 4.79 Å². The van der Waals surface area contributed by atoms with Crippen LogP contribution in [0.3, 0.4) is 0 Å². The van der Waals surface area contributed by atoms with Crippen LogP contribution in [0.5, 0.6) is 0 Å². The molecule has 3 N–H and O–H groups in total. The fourth-order valence-electron chi connectivity index (χ4n) is 3.57. The van der Waals surface area contributed by atoms with E-state index < -0.39 is 23.5 Å². The molecular formula is C21H30N2O6. The first-order chi connectivity index (χ1) is 13.7. The zero-order valence-electron chi connectivity index (χ0n) is 17.0. The Labute approximate surface area is 170 Å². The SMILES string of the molecule is CC(C)[C@H](NCCC1(C(=O)O)CCN(C(=O)O)CC1)C(=O)OCc1ccccc1. The number of carboxylic acid groups (broad SMARTS) is 2. The smallest absolute Gasteiger partial charge is 0.407 e. The molecule has 1 saturated heterocycles. The van der Waals surface area contributed by atoms with Crippen LogP contribution in [0, 0.1) is 11.3 Å². The summed E-state index contributed by atoms with van der Waals surface area (Å²) in [5.74, 6) is -1.31. The number of carboxylic acids is 1. The van der Waals surface area contributed by atoms with Gasteiger partial charge in [0, 0.05) is 13.1 Å². The van der Waals surface area contributed by atoms with Gasteiger partial charge in [-0.3, -0.25) is 9.59 Å². The van der Waals surface area contributed by atoms with Gasteiger partial charge >= 0.3 is 18.0 Å². The van der Waals surface area contributed by atoms with Crippen molar-refractivity contribution in [2.24, 2.45) is 11.3 Å². The lowest BCUT2D eigenvalue weighted by molar-refractivity contribution is -0.152. The maximum atomic E-state index is 12.5. The number of hydrogen-bond donors (Lipinski definition) is 3. The molecule has 0 unspecified atom stereocenters. The number of benzene rings is 1. The summed E-state index contributed by atoms with van der Waals surface area (Å²) in [4.78, 5) is 36.7. The van der Waals surface area contributed by atoms with Crippen molar-refractivity contribution < 1.29 is 29.3 Å². The predicted octanol–water partition coefficient (Wildman–Crippen LogP) is 2.58. The number of nitrogens with one attached hydrogen (secondary N) is 1. The Morgan fingerprint density at radius 2 is 1.76 bits per heavy atom. The summed E-state index contributed by atoms with van der Waals surface area (Å²) in [5.41, 5.74) is -0.0765. The van der Waals surface area contributed by atoms with Crippen LogP contribution >= 0.6 is 0 Å². The average molecular weight is 406 g/mol. The largest absolute Gasteiger partial charge is 0.481 e. The van der Waals surface area contributed by atoms with Gasteiger partial charge in [0.1, 0.15) is 12.6 Å². The molecule has 0 spiro atoms. The van der Waals surface area contributed by atoms with E-state index in [2.05, 4.69) is 5.32 Å². The molecule has 1 heterocycles. The van der Waals surface area contributed by atoms with Crippen molar-refractivity contribution in [1.82, 2.24) is 10.2 Å². The van der Waals surface area contributed by atoms with Crippen molar-refractivity contribution >= 4 is 18.0 Å². The number of likely N-dealkylation sites (tertiary alicyclic amines) is 1. The molecule has 1 aromatic carbocycles. The fraction of sp³-hybridized carbons (Fsp3) is 0.571. The second kappa shape index (κ2) is 10.2. The Balaban J connectivity index is 1.89. The number of piperidine rings is 1. The van der Waals surface area contributed by atoms with Crippen LogP contribution in [0.25, 0.3) is 0 Å². The molecule has 1 atom stereocenters. The molecule has 1 aliphatic heterocycles. The van der Waals surface area contributed by atoms with E-state index >= 15 is 0 Å². The number of carbonyl (C=O) groups is 3. The van der Waals surface area contributed by atoms with Crippen LogP contribution in [-0.4, -0.2) is 58.8 Å². The molecule has 0 aromatic heterocycles. The minimum Gasteiger partial charge on any atom is -0.481 e. The third-order valence-corrected chi connectivity index (χ3v) is 5.56. The van der Waals surface area contributed by atoms with Crippen LogP contribution in [0.2, 0.25) is 0 Å². The molecule has 0 aliphatic carbocycles. The molecule has 160 valence electrons. The van der Waals surface area contributed by atoms with E-state index in [1.807, 2.05) is 44.2 Å². The lowest BCUT2D eigenvalue weighted by atomic mass is 9.75. The fourth-order valence-corrected chi connectivity index (χ4v) is 3.57. The van der Waals surface area contributed by atoms with Crippen LogP contribution in [0.1, 0.15) is 38.7 Å². The molecule has 1 aliphatic rings. The third kappa shape index (κ3) is 6.19. The zero-order valence-corrected chi connectivity index (χ0v) is 17.0. The van der Waals surface area contributed by atoms with Gasteiger partial charge in [0.2, 0.25) is 0 Å². The standard InChI is InChI=1S/C21H30N2O6/c1-15(2)17(18(24)29-14-16-6-4-3-5-7-16)22-11-8-21(19(25)26)9-12-23(13-10-21)20(27)28/h3-7,15,17,22H,8-14H2,1-2H3,(H,25,26)(H,27,28)/t17-/m0/s1. The maximum Gasteiger partial charge on any atom is 0.407 e. The van der Waals surface area contributed by atoms with Crippen molar-refractivity contribution in [2.75, 3.05) is 19.6 Å². The average Bonchev–Trinajstić information content (AvgIpc) is 2.70. The molecular weight excluding hydrogens is 376 g/mol. The van der Waals surface area contributed by atoms with Crippen LogP contribution in [-0.2, 0) is 20.9 Å². The number of carbonyl (C=O) groups excluding carboxylic acids is 1. The Hall–Kier alpha value is -2.61. The van der Waals surface area contributed by atoms with E-state index in [0.717, 1.165) is 5.56 Å². The molecule has 8 nitrogen and oxygen atoms in total. The summed E-state index contributed by atoms with van der Waals surface area (Å²) in [6, 6.07) is 8.87. The molecule has 29 heavy (non-hydrogen) atoms. The van der Waals surface area contributed by atoms with E-state index in [9.17, 15) is 19.5 Å². The Kier molecular flexibility index (Phi) is 8.01. The van der Waals surface area contributed by atoms with E-state index in [1.54, 1.807) is 0 Å². The summed E-state index contributed by atoms with van der Waals surface area (Å²) < 4.78 is 5.42. The number of ether oxygens (including phenoxy) is 1. The number of aliphatic carboxylic acids is 1. The van der Waals surface area contributed by atoms with Gasteiger partial charge in [-0.05, 0) is 37.3 Å². The number of rotatable bonds is 9. The van der Waals surface area contributed by atoms with E-state index in [1.165, 1.54) is 4.90 Å². The monoisotopic (exact) mass is 406 g/mol. The van der Waals surface area contributed by atoms with Gasteiger partial charge in [-0.15, -0.1) is 0 Å². The first-order valence-electron chi connectivity index (χ1n) is 9.90. The topological polar surface area (TPSA) is 116 Å².